The molecule has 1 saturated heterocycles. The maximum absolute atomic E-state index is 13.3. The fraction of sp³-hybridized carbons (Fsp3) is 0.323. The Labute approximate surface area is 245 Å². The number of primary amides is 1. The Kier molecular flexibility index (Phi) is 8.82. The molecule has 1 aliphatic rings. The molecule has 0 saturated carbocycles. The van der Waals surface area contributed by atoms with Crippen LogP contribution in [0.1, 0.15) is 22.3 Å². The molecular weight excluding hydrogens is 564 g/mol. The molecule has 0 radical (unpaired) electrons. The zero-order valence-corrected chi connectivity index (χ0v) is 23.2. The molecule has 2 aromatic carbocycles. The van der Waals surface area contributed by atoms with Gasteiger partial charge in [-0.05, 0) is 66.2 Å². The maximum Gasteiger partial charge on any atom is 0.340 e. The number of amides is 1. The Hall–Kier alpha value is -4.63. The van der Waals surface area contributed by atoms with Crippen LogP contribution in [0, 0.1) is 6.57 Å². The van der Waals surface area contributed by atoms with Gasteiger partial charge in [-0.25, -0.2) is 18.6 Å². The molecule has 12 heteroatoms. The lowest BCUT2D eigenvalue weighted by atomic mass is 10.0. The van der Waals surface area contributed by atoms with Crippen molar-refractivity contribution >= 4 is 28.3 Å². The van der Waals surface area contributed by atoms with Crippen LogP contribution in [0.25, 0.3) is 26.9 Å². The van der Waals surface area contributed by atoms with Crippen molar-refractivity contribution in [2.24, 2.45) is 5.73 Å². The third-order valence-electron chi connectivity index (χ3n) is 7.52. The van der Waals surface area contributed by atoms with Crippen molar-refractivity contribution in [3.05, 3.63) is 83.5 Å². The number of piperazine rings is 1. The summed E-state index contributed by atoms with van der Waals surface area (Å²) in [4.78, 5) is 28.1. The lowest BCUT2D eigenvalue weighted by Gasteiger charge is -2.36. The second kappa shape index (κ2) is 12.7. The average Bonchev–Trinajstić information content (AvgIpc) is 3.42. The number of hydrogen-bond donors (Lipinski definition) is 2. The summed E-state index contributed by atoms with van der Waals surface area (Å²) >= 11 is 0. The van der Waals surface area contributed by atoms with Crippen molar-refractivity contribution in [2.75, 3.05) is 44.2 Å². The van der Waals surface area contributed by atoms with E-state index in [0.29, 0.717) is 35.7 Å². The van der Waals surface area contributed by atoms with E-state index < -0.39 is 24.9 Å². The first kappa shape index (κ1) is 29.8. The first-order chi connectivity index (χ1) is 20.6. The number of ether oxygens (including phenoxy) is 1. The van der Waals surface area contributed by atoms with Gasteiger partial charge in [-0.15, -0.1) is 0 Å². The summed E-state index contributed by atoms with van der Waals surface area (Å²) in [5, 5.41) is 1.08. The third kappa shape index (κ3) is 6.89. The molecular formula is C31H30F4N6O2. The van der Waals surface area contributed by atoms with E-state index in [1.54, 1.807) is 18.3 Å². The van der Waals surface area contributed by atoms with Crippen molar-refractivity contribution in [1.29, 1.82) is 0 Å². The van der Waals surface area contributed by atoms with Gasteiger partial charge >= 0.3 is 12.3 Å². The Morgan fingerprint density at radius 1 is 1.12 bits per heavy atom. The van der Waals surface area contributed by atoms with Crippen molar-refractivity contribution in [3.63, 3.8) is 0 Å². The van der Waals surface area contributed by atoms with E-state index in [1.807, 2.05) is 29.3 Å². The van der Waals surface area contributed by atoms with E-state index in [2.05, 4.69) is 19.7 Å². The molecule has 8 nitrogen and oxygen atoms in total. The summed E-state index contributed by atoms with van der Waals surface area (Å²) in [6, 6.07) is 13.2. The molecule has 224 valence electrons. The number of carbonyl (C=O) groups excluding carboxylic acids is 1. The van der Waals surface area contributed by atoms with Crippen molar-refractivity contribution in [3.8, 4) is 16.9 Å². The number of carbonyl (C=O) groups is 1. The van der Waals surface area contributed by atoms with Crippen LogP contribution >= 0.6 is 0 Å². The Morgan fingerprint density at radius 3 is 2.63 bits per heavy atom. The third-order valence-corrected chi connectivity index (χ3v) is 7.52. The average molecular weight is 595 g/mol. The highest BCUT2D eigenvalue weighted by molar-refractivity contribution is 5.99. The van der Waals surface area contributed by atoms with E-state index in [1.165, 1.54) is 23.8 Å². The number of aromatic amines is 1. The number of rotatable bonds is 11. The highest BCUT2D eigenvalue weighted by Crippen LogP contribution is 2.30. The quantitative estimate of drug-likeness (QED) is 0.166. The molecule has 2 aromatic heterocycles. The van der Waals surface area contributed by atoms with Crippen LogP contribution in [0.3, 0.4) is 0 Å². The minimum absolute atomic E-state index is 0.0172. The van der Waals surface area contributed by atoms with Gasteiger partial charge in [0.15, 0.2) is 12.3 Å². The minimum Gasteiger partial charge on any atom is -0.487 e. The van der Waals surface area contributed by atoms with Gasteiger partial charge in [-0.3, -0.25) is 9.69 Å². The smallest absolute Gasteiger partial charge is 0.340 e. The van der Waals surface area contributed by atoms with Gasteiger partial charge in [0.1, 0.15) is 11.6 Å². The Morgan fingerprint density at radius 2 is 1.91 bits per heavy atom. The van der Waals surface area contributed by atoms with Gasteiger partial charge in [-0.1, -0.05) is 18.2 Å². The number of benzene rings is 2. The van der Waals surface area contributed by atoms with Crippen LogP contribution in [-0.2, 0) is 6.42 Å². The van der Waals surface area contributed by atoms with E-state index in [0.717, 1.165) is 43.4 Å². The summed E-state index contributed by atoms with van der Waals surface area (Å²) in [6.07, 6.45) is 1.57. The summed E-state index contributed by atoms with van der Waals surface area (Å²) in [5.74, 6) is -4.48. The number of pyridine rings is 1. The zero-order chi connectivity index (χ0) is 30.6. The monoisotopic (exact) mass is 594 g/mol. The molecule has 1 fully saturated rings. The number of H-pyrrole nitrogens is 1. The lowest BCUT2D eigenvalue weighted by molar-refractivity contribution is -0.148. The van der Waals surface area contributed by atoms with Gasteiger partial charge in [0.05, 0.1) is 12.1 Å². The lowest BCUT2D eigenvalue weighted by Crippen LogP contribution is -2.47. The molecule has 0 aliphatic carbocycles. The predicted molar refractivity (Wildman–Crippen MR) is 156 cm³/mol. The van der Waals surface area contributed by atoms with E-state index in [4.69, 9.17) is 17.0 Å². The van der Waals surface area contributed by atoms with Crippen LogP contribution in [0.2, 0.25) is 0 Å². The number of hydrogen-bond acceptors (Lipinski definition) is 5. The van der Waals surface area contributed by atoms with Gasteiger partial charge in [-0.2, -0.15) is 8.78 Å². The topological polar surface area (TPSA) is 91.8 Å². The second-order valence-corrected chi connectivity index (χ2v) is 10.4. The SMILES string of the molecule is [C-]#[N+]c1ccc2[nH]cc(CCCN3CCN(c4ncc(-c5cccc(OCC(F)(F)C(F)F)c5)cc4C(N)=O)CC3)c2c1. The van der Waals surface area contributed by atoms with E-state index >= 15 is 0 Å². The molecule has 0 bridgehead atoms. The number of aromatic nitrogens is 2. The fourth-order valence-corrected chi connectivity index (χ4v) is 5.18. The Balaban J connectivity index is 1.19. The first-order valence-corrected chi connectivity index (χ1v) is 13.8. The van der Waals surface area contributed by atoms with Crippen molar-refractivity contribution < 1.29 is 27.1 Å². The number of nitrogens with one attached hydrogen (secondary N) is 1. The zero-order valence-electron chi connectivity index (χ0n) is 23.2. The van der Waals surface area contributed by atoms with Crippen LogP contribution in [-0.4, -0.2) is 72.5 Å². The molecule has 0 spiro atoms. The van der Waals surface area contributed by atoms with E-state index in [9.17, 15) is 22.4 Å². The summed E-state index contributed by atoms with van der Waals surface area (Å²) in [6.45, 7) is 9.55. The predicted octanol–water partition coefficient (Wildman–Crippen LogP) is 5.91. The molecule has 3 N–H and O–H groups in total. The van der Waals surface area contributed by atoms with Gasteiger partial charge in [0.25, 0.3) is 5.91 Å². The van der Waals surface area contributed by atoms with Crippen molar-refractivity contribution in [1.82, 2.24) is 14.9 Å². The molecule has 1 amide bonds. The number of aryl methyl sites for hydroxylation is 1. The fourth-order valence-electron chi connectivity index (χ4n) is 5.18. The molecule has 3 heterocycles. The number of fused-ring (bicyclic) bond motifs is 1. The number of nitrogens with zero attached hydrogens (tertiary/aromatic N) is 4. The summed E-state index contributed by atoms with van der Waals surface area (Å²) < 4.78 is 56.4. The molecule has 0 unspecified atom stereocenters. The summed E-state index contributed by atoms with van der Waals surface area (Å²) in [7, 11) is 0. The van der Waals surface area contributed by atoms with Crippen LogP contribution in [0.5, 0.6) is 5.75 Å². The van der Waals surface area contributed by atoms with E-state index in [-0.39, 0.29) is 11.3 Å². The number of halogens is 4. The molecule has 1 aliphatic heterocycles. The van der Waals surface area contributed by atoms with Crippen LogP contribution in [0.4, 0.5) is 29.1 Å². The van der Waals surface area contributed by atoms with Crippen molar-refractivity contribution in [2.45, 2.75) is 25.2 Å². The standard InChI is InChI=1S/C31H30F4N6O2/c1-37-23-7-8-27-25(16-23)21(17-38-27)5-3-9-40-10-12-41(13-11-40)29-26(28(36)42)15-22(18-39-29)20-4-2-6-24(14-20)43-19-31(34,35)30(32)33/h2,4,6-8,14-18,30,38H,3,5,9-13,19H2,(H2,36,42). The molecule has 0 atom stereocenters. The number of alkyl halides is 4. The van der Waals surface area contributed by atoms with Gasteiger partial charge in [0, 0.05) is 49.7 Å². The second-order valence-electron chi connectivity index (χ2n) is 10.4. The molecule has 43 heavy (non-hydrogen) atoms. The first-order valence-electron chi connectivity index (χ1n) is 13.8. The largest absolute Gasteiger partial charge is 0.487 e. The highest BCUT2D eigenvalue weighted by Gasteiger charge is 2.41. The number of anilines is 1. The molecule has 4 aromatic rings. The van der Waals surface area contributed by atoms with Crippen LogP contribution in [0.15, 0.2) is 60.9 Å². The number of nitrogens with two attached hydrogens (primary N) is 1. The normalized spacial score (nSPS) is 14.3. The Bertz CT molecular complexity index is 1640. The van der Waals surface area contributed by atoms with Crippen LogP contribution < -0.4 is 15.4 Å². The molecule has 5 rings (SSSR count). The minimum atomic E-state index is -4.27. The highest BCUT2D eigenvalue weighted by atomic mass is 19.3. The van der Waals surface area contributed by atoms with Gasteiger partial charge in [0.2, 0.25) is 0 Å². The maximum atomic E-state index is 13.3. The summed E-state index contributed by atoms with van der Waals surface area (Å²) in [5.41, 5.74) is 9.77. The van der Waals surface area contributed by atoms with Gasteiger partial charge < -0.3 is 20.4 Å².